The van der Waals surface area contributed by atoms with Crippen molar-refractivity contribution in [2.75, 3.05) is 0 Å². The lowest BCUT2D eigenvalue weighted by Crippen LogP contribution is -2.24. The molecular formula is C109H64N8S2. The minimum atomic E-state index is -0.333. The summed E-state index contributed by atoms with van der Waals surface area (Å²) >= 11 is 3.63. The fourth-order valence-corrected chi connectivity index (χ4v) is 23.1. The molecule has 0 saturated carbocycles. The molecule has 8 heterocycles. The molecule has 0 fully saturated rings. The molecule has 3 aliphatic rings. The van der Waals surface area contributed by atoms with Crippen LogP contribution in [0.15, 0.2) is 377 Å². The van der Waals surface area contributed by atoms with Gasteiger partial charge in [0.15, 0.2) is 0 Å². The Balaban J connectivity index is 0.539. The summed E-state index contributed by atoms with van der Waals surface area (Å²) in [6.07, 6.45) is 0.809. The number of rotatable bonds is 8. The summed E-state index contributed by atoms with van der Waals surface area (Å²) in [4.78, 5) is 27.1. The van der Waals surface area contributed by atoms with Crippen molar-refractivity contribution in [3.63, 3.8) is 0 Å². The molecule has 10 heteroatoms. The molecule has 552 valence electrons. The largest absolute Gasteiger partial charge is 0.309 e. The Morgan fingerprint density at radius 2 is 0.689 bits per heavy atom. The van der Waals surface area contributed by atoms with Crippen LogP contribution in [0.1, 0.15) is 23.6 Å². The van der Waals surface area contributed by atoms with E-state index in [1.165, 1.54) is 102 Å². The van der Waals surface area contributed by atoms with Gasteiger partial charge >= 0.3 is 0 Å². The second-order valence-corrected chi connectivity index (χ2v) is 34.7. The van der Waals surface area contributed by atoms with Gasteiger partial charge in [-0.05, 0) is 199 Å². The molecule has 27 rings (SSSR count). The molecular weight excluding hydrogens is 1490 g/mol. The Hall–Kier alpha value is -14.7. The Morgan fingerprint density at radius 1 is 0.261 bits per heavy atom. The summed E-state index contributed by atoms with van der Waals surface area (Å²) in [5.41, 5.74) is 28.2. The Bertz CT molecular complexity index is 8720. The highest BCUT2D eigenvalue weighted by Crippen LogP contribution is 2.55. The maximum Gasteiger partial charge on any atom is 0.235 e. The van der Waals surface area contributed by atoms with Crippen molar-refractivity contribution in [1.29, 1.82) is 0 Å². The van der Waals surface area contributed by atoms with Crippen molar-refractivity contribution in [3.8, 4) is 79.2 Å². The SMILES string of the molecule is CC1(Cc2ccc3c(c2)Sc2cccc4nc(-n5c6ccc(-c7ccc8c(c7)c7ccccc7n8-c7ccc8ccccc8c7)cc6c6ccc7ccccc7c65)nc-3c24)c2ccccc2-c2cc(-n3c4ccccc4c4cc(-c5ccc6c(c5)c5ccc7ccccc7c5n6-c5nc6c7c(cccc7n5)Sc5ccccc5-6)ccc43)ccc21. The lowest BCUT2D eigenvalue weighted by atomic mass is 9.75. The van der Waals surface area contributed by atoms with E-state index < -0.39 is 0 Å². The molecule has 8 nitrogen and oxygen atoms in total. The molecule has 0 saturated heterocycles. The van der Waals surface area contributed by atoms with Gasteiger partial charge in [0.1, 0.15) is 0 Å². The summed E-state index contributed by atoms with van der Waals surface area (Å²) in [7, 11) is 0. The Kier molecular flexibility index (Phi) is 13.5. The van der Waals surface area contributed by atoms with Crippen LogP contribution in [0, 0.1) is 0 Å². The van der Waals surface area contributed by atoms with Gasteiger partial charge in [-0.25, -0.2) is 19.9 Å². The zero-order valence-electron chi connectivity index (χ0n) is 64.2. The maximum absolute atomic E-state index is 5.79. The standard InChI is InChI=1S/C109H64N8S2/c1-109(61-62-36-46-81-100(54-62)119-99-35-17-30-90-102(99)104(81)113-108(111-90)117-96-53-43-69(58-86(96)79-48-39-65-20-5-7-23-74(65)106(79)117)67-40-50-93-83(56-67)76-25-9-13-31-91(76)114(93)71-44-37-63-18-2-3-21-66(63)55-71)87-28-12-8-24-75(87)82-60-72(45-49-88(82)109)115-92-32-14-10-26-77(92)84-57-68(41-51-94(84)115)70-42-52-95-85(59-70)78-47-38-64-19-4-6-22-73(64)105(78)116(95)107-110-89-29-16-34-98-101(89)103(112-107)80-27-11-15-33-97(80)118-98/h2-60H,61H2,1H3. The molecule has 24 aromatic rings. The van der Waals surface area contributed by atoms with E-state index in [1.54, 1.807) is 11.8 Å². The van der Waals surface area contributed by atoms with Crippen LogP contribution in [0.4, 0.5) is 0 Å². The first-order chi connectivity index (χ1) is 58.8. The predicted molar refractivity (Wildman–Crippen MR) is 495 cm³/mol. The summed E-state index contributed by atoms with van der Waals surface area (Å²) < 4.78 is 9.55. The fourth-order valence-electron chi connectivity index (χ4n) is 20.8. The highest BCUT2D eigenvalue weighted by Gasteiger charge is 2.40. The molecule has 18 aromatic carbocycles. The highest BCUT2D eigenvalue weighted by atomic mass is 32.2. The van der Waals surface area contributed by atoms with E-state index in [1.807, 2.05) is 11.8 Å². The molecule has 0 spiro atoms. The van der Waals surface area contributed by atoms with Gasteiger partial charge in [0.25, 0.3) is 0 Å². The zero-order valence-corrected chi connectivity index (χ0v) is 65.8. The fraction of sp³-hybridized carbons (Fsp3) is 0.0275. The first-order valence-corrected chi connectivity index (χ1v) is 42.4. The lowest BCUT2D eigenvalue weighted by molar-refractivity contribution is 0.582. The first-order valence-electron chi connectivity index (χ1n) is 40.8. The second kappa shape index (κ2) is 24.5. The van der Waals surface area contributed by atoms with Gasteiger partial charge in [-0.15, -0.1) is 0 Å². The van der Waals surface area contributed by atoms with Gasteiger partial charge in [-0.2, -0.15) is 0 Å². The van der Waals surface area contributed by atoms with Crippen molar-refractivity contribution in [2.24, 2.45) is 0 Å². The van der Waals surface area contributed by atoms with E-state index in [-0.39, 0.29) is 5.41 Å². The van der Waals surface area contributed by atoms with Crippen molar-refractivity contribution < 1.29 is 0 Å². The third-order valence-corrected chi connectivity index (χ3v) is 28.4. The van der Waals surface area contributed by atoms with Gasteiger partial charge in [-0.1, -0.05) is 267 Å². The van der Waals surface area contributed by atoms with Crippen molar-refractivity contribution in [3.05, 3.63) is 375 Å². The van der Waals surface area contributed by atoms with E-state index in [9.17, 15) is 0 Å². The second-order valence-electron chi connectivity index (χ2n) is 32.6. The van der Waals surface area contributed by atoms with Crippen LogP contribution in [-0.4, -0.2) is 38.2 Å². The molecule has 6 aromatic heterocycles. The topological polar surface area (TPSA) is 71.3 Å². The van der Waals surface area contributed by atoms with Gasteiger partial charge in [0, 0.05) is 112 Å². The van der Waals surface area contributed by atoms with Crippen LogP contribution >= 0.6 is 23.5 Å². The minimum absolute atomic E-state index is 0.333. The van der Waals surface area contributed by atoms with E-state index in [0.29, 0.717) is 11.9 Å². The van der Waals surface area contributed by atoms with E-state index in [0.717, 1.165) is 149 Å². The molecule has 119 heavy (non-hydrogen) atoms. The number of nitrogens with zero attached hydrogens (tertiary/aromatic N) is 8. The number of hydrogen-bond donors (Lipinski definition) is 0. The average molecular weight is 1550 g/mol. The summed E-state index contributed by atoms with van der Waals surface area (Å²) in [5, 5.41) is 18.8. The van der Waals surface area contributed by atoms with Crippen LogP contribution in [0.5, 0.6) is 0 Å². The molecule has 2 aliphatic heterocycles. The normalized spacial score (nSPS) is 14.1. The molecule has 1 atom stereocenters. The minimum Gasteiger partial charge on any atom is -0.309 e. The summed E-state index contributed by atoms with van der Waals surface area (Å²) in [5.74, 6) is 1.32. The molecule has 0 radical (unpaired) electrons. The van der Waals surface area contributed by atoms with Gasteiger partial charge in [-0.3, -0.25) is 9.13 Å². The summed E-state index contributed by atoms with van der Waals surface area (Å²) in [6, 6.07) is 133. The molecule has 0 amide bonds. The Morgan fingerprint density at radius 3 is 1.28 bits per heavy atom. The number of hydrogen-bond acceptors (Lipinski definition) is 6. The number of para-hydroxylation sites is 2. The van der Waals surface area contributed by atoms with Crippen LogP contribution < -0.4 is 0 Å². The average Bonchev–Trinajstić information content (AvgIpc) is 1.65. The van der Waals surface area contributed by atoms with Crippen LogP contribution in [0.25, 0.3) is 221 Å². The van der Waals surface area contributed by atoms with E-state index in [4.69, 9.17) is 19.9 Å². The summed E-state index contributed by atoms with van der Waals surface area (Å²) in [6.45, 7) is 2.46. The molecule has 1 aliphatic carbocycles. The molecule has 0 N–H and O–H groups in total. The molecule has 1 unspecified atom stereocenters. The van der Waals surface area contributed by atoms with Gasteiger partial charge in [0.05, 0.1) is 66.6 Å². The third-order valence-electron chi connectivity index (χ3n) is 26.2. The van der Waals surface area contributed by atoms with Crippen LogP contribution in [-0.2, 0) is 11.8 Å². The maximum atomic E-state index is 5.79. The number of aromatic nitrogens is 8. The van der Waals surface area contributed by atoms with Gasteiger partial charge < -0.3 is 9.13 Å². The number of fused-ring (bicyclic) bond motifs is 24. The first kappa shape index (κ1) is 65.6. The van der Waals surface area contributed by atoms with Crippen molar-refractivity contribution >= 4 is 165 Å². The van der Waals surface area contributed by atoms with E-state index >= 15 is 0 Å². The molecule has 0 bridgehead atoms. The van der Waals surface area contributed by atoms with Crippen molar-refractivity contribution in [2.45, 2.75) is 38.3 Å². The smallest absolute Gasteiger partial charge is 0.235 e. The van der Waals surface area contributed by atoms with E-state index in [2.05, 4.69) is 383 Å². The highest BCUT2D eigenvalue weighted by molar-refractivity contribution is 8.00. The van der Waals surface area contributed by atoms with Gasteiger partial charge in [0.2, 0.25) is 11.9 Å². The van der Waals surface area contributed by atoms with Crippen LogP contribution in [0.3, 0.4) is 0 Å². The van der Waals surface area contributed by atoms with Crippen LogP contribution in [0.2, 0.25) is 0 Å². The number of benzene rings is 18. The van der Waals surface area contributed by atoms with Crippen molar-refractivity contribution in [1.82, 2.24) is 38.2 Å². The third kappa shape index (κ3) is 9.38. The zero-order chi connectivity index (χ0) is 77.6. The lowest BCUT2D eigenvalue weighted by Gasteiger charge is -2.29. The predicted octanol–water partition coefficient (Wildman–Crippen LogP) is 28.5. The monoisotopic (exact) mass is 1550 g/mol. The Labute approximate surface area is 690 Å². The quantitative estimate of drug-likeness (QED) is 0.151.